The summed E-state index contributed by atoms with van der Waals surface area (Å²) < 4.78 is 0. The lowest BCUT2D eigenvalue weighted by atomic mass is 9.92. The van der Waals surface area contributed by atoms with Gasteiger partial charge in [-0.2, -0.15) is 0 Å². The summed E-state index contributed by atoms with van der Waals surface area (Å²) in [6.45, 7) is 3.97. The fourth-order valence-corrected chi connectivity index (χ4v) is 2.64. The van der Waals surface area contributed by atoms with Gasteiger partial charge in [-0.15, -0.1) is 0 Å². The van der Waals surface area contributed by atoms with Gasteiger partial charge in [0.25, 0.3) is 5.91 Å². The minimum Gasteiger partial charge on any atom is -0.391 e. The van der Waals surface area contributed by atoms with Crippen LogP contribution in [0.4, 0.5) is 0 Å². The van der Waals surface area contributed by atoms with Crippen molar-refractivity contribution in [3.05, 3.63) is 34.9 Å². The van der Waals surface area contributed by atoms with Gasteiger partial charge >= 0.3 is 0 Å². The Morgan fingerprint density at radius 3 is 2.39 bits per heavy atom. The molecule has 0 aliphatic heterocycles. The van der Waals surface area contributed by atoms with Gasteiger partial charge < -0.3 is 10.4 Å². The highest BCUT2D eigenvalue weighted by atomic mass is 16.3. The Kier molecular flexibility index (Phi) is 4.02. The van der Waals surface area contributed by atoms with Gasteiger partial charge in [-0.05, 0) is 38.8 Å². The monoisotopic (exact) mass is 247 g/mol. The number of carbonyl (C=O) groups excluding carboxylic acids is 1. The van der Waals surface area contributed by atoms with Crippen LogP contribution in [0.2, 0.25) is 0 Å². The maximum absolute atomic E-state index is 12.1. The van der Waals surface area contributed by atoms with Crippen molar-refractivity contribution in [3.8, 4) is 0 Å². The molecule has 1 aromatic carbocycles. The second kappa shape index (κ2) is 5.53. The molecule has 1 aliphatic carbocycles. The second-order valence-corrected chi connectivity index (χ2v) is 5.31. The van der Waals surface area contributed by atoms with E-state index in [1.165, 1.54) is 0 Å². The Labute approximate surface area is 108 Å². The van der Waals surface area contributed by atoms with Crippen molar-refractivity contribution in [3.63, 3.8) is 0 Å². The van der Waals surface area contributed by atoms with Gasteiger partial charge in [0.2, 0.25) is 0 Å². The predicted molar refractivity (Wildman–Crippen MR) is 71.6 cm³/mol. The van der Waals surface area contributed by atoms with Crippen LogP contribution in [0.3, 0.4) is 0 Å². The molecule has 18 heavy (non-hydrogen) atoms. The molecule has 1 fully saturated rings. The van der Waals surface area contributed by atoms with Crippen LogP contribution in [0, 0.1) is 13.8 Å². The van der Waals surface area contributed by atoms with E-state index >= 15 is 0 Å². The number of rotatable bonds is 2. The highest BCUT2D eigenvalue weighted by Crippen LogP contribution is 2.19. The van der Waals surface area contributed by atoms with Crippen molar-refractivity contribution >= 4 is 5.91 Å². The number of hydrogen-bond donors (Lipinski definition) is 2. The molecule has 1 aromatic rings. The van der Waals surface area contributed by atoms with E-state index in [4.69, 9.17) is 0 Å². The first-order valence-electron chi connectivity index (χ1n) is 6.63. The normalized spacial score (nSPS) is 23.7. The molecular formula is C15H21NO2. The molecule has 0 bridgehead atoms. The highest BCUT2D eigenvalue weighted by Gasteiger charge is 2.24. The number of aliphatic hydroxyl groups is 1. The summed E-state index contributed by atoms with van der Waals surface area (Å²) in [6, 6.07) is 5.73. The molecule has 0 spiro atoms. The van der Waals surface area contributed by atoms with Crippen LogP contribution < -0.4 is 5.32 Å². The third-order valence-electron chi connectivity index (χ3n) is 3.53. The molecule has 0 aromatic heterocycles. The minimum atomic E-state index is -0.395. The maximum atomic E-state index is 12.1. The molecule has 2 rings (SSSR count). The summed E-state index contributed by atoms with van der Waals surface area (Å²) >= 11 is 0. The van der Waals surface area contributed by atoms with Gasteiger partial charge in [-0.25, -0.2) is 0 Å². The van der Waals surface area contributed by atoms with Gasteiger partial charge in [0.15, 0.2) is 0 Å². The summed E-state index contributed by atoms with van der Waals surface area (Å²) in [4.78, 5) is 12.1. The summed E-state index contributed by atoms with van der Waals surface area (Å²) in [5.41, 5.74) is 2.86. The minimum absolute atomic E-state index is 0.0762. The van der Waals surface area contributed by atoms with Crippen LogP contribution in [-0.4, -0.2) is 23.2 Å². The zero-order valence-electron chi connectivity index (χ0n) is 11.1. The first-order chi connectivity index (χ1) is 8.56. The molecule has 2 atom stereocenters. The van der Waals surface area contributed by atoms with Gasteiger partial charge in [-0.1, -0.05) is 30.0 Å². The van der Waals surface area contributed by atoms with E-state index in [0.29, 0.717) is 5.56 Å². The van der Waals surface area contributed by atoms with Crippen molar-refractivity contribution in [2.75, 3.05) is 0 Å². The van der Waals surface area contributed by atoms with Crippen molar-refractivity contribution in [2.45, 2.75) is 51.7 Å². The highest BCUT2D eigenvalue weighted by molar-refractivity contribution is 5.94. The van der Waals surface area contributed by atoms with Crippen molar-refractivity contribution in [1.29, 1.82) is 0 Å². The Morgan fingerprint density at radius 2 is 1.78 bits per heavy atom. The fraction of sp³-hybridized carbons (Fsp3) is 0.533. The number of benzene rings is 1. The molecule has 3 nitrogen and oxygen atoms in total. The average molecular weight is 247 g/mol. The van der Waals surface area contributed by atoms with E-state index < -0.39 is 6.10 Å². The number of aliphatic hydroxyl groups excluding tert-OH is 1. The first kappa shape index (κ1) is 13.1. The third-order valence-corrected chi connectivity index (χ3v) is 3.53. The zero-order chi connectivity index (χ0) is 13.1. The number of nitrogens with one attached hydrogen (secondary N) is 1. The lowest BCUT2D eigenvalue weighted by molar-refractivity contribution is 0.0717. The van der Waals surface area contributed by atoms with E-state index in [1.54, 1.807) is 0 Å². The van der Waals surface area contributed by atoms with Crippen molar-refractivity contribution in [1.82, 2.24) is 5.32 Å². The molecule has 3 heteroatoms. The first-order valence-corrected chi connectivity index (χ1v) is 6.63. The van der Waals surface area contributed by atoms with Crippen LogP contribution in [-0.2, 0) is 0 Å². The van der Waals surface area contributed by atoms with Crippen LogP contribution >= 0.6 is 0 Å². The standard InChI is InChI=1S/C15H21NO2/c1-10-7-11(2)9-12(8-10)15(18)16-13-5-3-4-6-14(13)17/h7-9,13-14,17H,3-6H2,1-2H3,(H,16,18). The molecule has 2 N–H and O–H groups in total. The smallest absolute Gasteiger partial charge is 0.251 e. The second-order valence-electron chi connectivity index (χ2n) is 5.31. The lowest BCUT2D eigenvalue weighted by Crippen LogP contribution is -2.45. The molecule has 0 heterocycles. The number of amides is 1. The molecule has 1 saturated carbocycles. The van der Waals surface area contributed by atoms with E-state index in [2.05, 4.69) is 5.32 Å². The van der Waals surface area contributed by atoms with E-state index in [0.717, 1.165) is 36.8 Å². The number of aryl methyl sites for hydroxylation is 2. The summed E-state index contributed by atoms with van der Waals surface area (Å²) in [6.07, 6.45) is 3.40. The Morgan fingerprint density at radius 1 is 1.17 bits per heavy atom. The van der Waals surface area contributed by atoms with Gasteiger partial charge in [0, 0.05) is 5.56 Å². The largest absolute Gasteiger partial charge is 0.391 e. The number of hydrogen-bond acceptors (Lipinski definition) is 2. The number of carbonyl (C=O) groups is 1. The quantitative estimate of drug-likeness (QED) is 0.842. The predicted octanol–water partition coefficient (Wildman–Crippen LogP) is 2.34. The Balaban J connectivity index is 2.06. The van der Waals surface area contributed by atoms with Gasteiger partial charge in [0.05, 0.1) is 12.1 Å². The van der Waals surface area contributed by atoms with E-state index in [1.807, 2.05) is 32.0 Å². The Bertz CT molecular complexity index is 422. The zero-order valence-corrected chi connectivity index (χ0v) is 11.1. The molecule has 0 radical (unpaired) electrons. The summed E-state index contributed by atoms with van der Waals surface area (Å²) in [7, 11) is 0. The lowest BCUT2D eigenvalue weighted by Gasteiger charge is -2.28. The van der Waals surface area contributed by atoms with Gasteiger partial charge in [0.1, 0.15) is 0 Å². The van der Waals surface area contributed by atoms with E-state index in [9.17, 15) is 9.90 Å². The molecule has 0 saturated heterocycles. The molecule has 2 unspecified atom stereocenters. The summed E-state index contributed by atoms with van der Waals surface area (Å²) in [5.74, 6) is -0.0762. The molecule has 98 valence electrons. The molecule has 1 amide bonds. The van der Waals surface area contributed by atoms with Crippen LogP contribution in [0.25, 0.3) is 0 Å². The van der Waals surface area contributed by atoms with E-state index in [-0.39, 0.29) is 11.9 Å². The topological polar surface area (TPSA) is 49.3 Å². The van der Waals surface area contributed by atoms with Gasteiger partial charge in [-0.3, -0.25) is 4.79 Å². The van der Waals surface area contributed by atoms with Crippen LogP contribution in [0.5, 0.6) is 0 Å². The maximum Gasteiger partial charge on any atom is 0.251 e. The van der Waals surface area contributed by atoms with Crippen LogP contribution in [0.15, 0.2) is 18.2 Å². The molecular weight excluding hydrogens is 226 g/mol. The van der Waals surface area contributed by atoms with Crippen molar-refractivity contribution < 1.29 is 9.90 Å². The summed E-state index contributed by atoms with van der Waals surface area (Å²) in [5, 5.41) is 12.8. The fourth-order valence-electron chi connectivity index (χ4n) is 2.64. The Hall–Kier alpha value is -1.35. The molecule has 1 aliphatic rings. The van der Waals surface area contributed by atoms with Crippen molar-refractivity contribution in [2.24, 2.45) is 0 Å². The SMILES string of the molecule is Cc1cc(C)cc(C(=O)NC2CCCCC2O)c1. The average Bonchev–Trinajstić information content (AvgIpc) is 2.31. The third kappa shape index (κ3) is 3.10. The van der Waals surface area contributed by atoms with Crippen LogP contribution in [0.1, 0.15) is 47.2 Å².